The first-order valence-electron chi connectivity index (χ1n) is 23.1. The van der Waals surface area contributed by atoms with Crippen molar-refractivity contribution < 1.29 is 13.3 Å². The van der Waals surface area contributed by atoms with Crippen LogP contribution in [-0.4, -0.2) is 15.0 Å². The fraction of sp³-hybridized carbons (Fsp3) is 0. The lowest BCUT2D eigenvalue weighted by Gasteiger charge is -2.13. The minimum atomic E-state index is 0.536. The molecule has 4 aromatic heterocycles. The van der Waals surface area contributed by atoms with Gasteiger partial charge >= 0.3 is 0 Å². The number of benzene rings is 11. The molecule has 6 heteroatoms. The van der Waals surface area contributed by atoms with E-state index in [9.17, 15) is 0 Å². The standard InChI is InChI=1S/C63H35N3O3/c1-2-16-44-42(14-1)43-15-3-4-17-45(43)51-33-37(26-29-46(44)51)36-12-9-13-39(32-36)61-64-62(66-63(65-61)50-21-11-25-57-60(50)48-19-6-8-23-54(48)68-57)40-27-30-49-58(35-40)69-56-24-10-20-41(59(49)56)38-28-31-55-52(34-38)47-18-5-7-22-53(47)67-55/h1-35H. The molecule has 0 unspecified atom stereocenters. The van der Waals surface area contributed by atoms with Crippen molar-refractivity contribution in [3.63, 3.8) is 0 Å². The Bertz CT molecular complexity index is 4600. The highest BCUT2D eigenvalue weighted by atomic mass is 16.3. The molecule has 0 N–H and O–H groups in total. The van der Waals surface area contributed by atoms with E-state index in [0.717, 1.165) is 105 Å². The summed E-state index contributed by atoms with van der Waals surface area (Å²) in [5, 5.41) is 13.7. The Labute approximate surface area is 393 Å². The highest BCUT2D eigenvalue weighted by Crippen LogP contribution is 2.42. The van der Waals surface area contributed by atoms with E-state index in [0.29, 0.717) is 17.5 Å². The molecule has 0 aliphatic rings. The minimum absolute atomic E-state index is 0.536. The van der Waals surface area contributed by atoms with Crippen LogP contribution in [0.1, 0.15) is 0 Å². The van der Waals surface area contributed by atoms with Gasteiger partial charge in [-0.1, -0.05) is 152 Å². The summed E-state index contributed by atoms with van der Waals surface area (Å²) in [5.74, 6) is 1.65. The molecule has 0 atom stereocenters. The van der Waals surface area contributed by atoms with E-state index in [1.54, 1.807) is 0 Å². The van der Waals surface area contributed by atoms with Crippen LogP contribution in [0, 0.1) is 0 Å². The maximum atomic E-state index is 6.69. The van der Waals surface area contributed by atoms with Gasteiger partial charge in [-0.25, -0.2) is 15.0 Å². The molecule has 0 saturated heterocycles. The summed E-state index contributed by atoms with van der Waals surface area (Å²) in [6, 6.07) is 74.0. The summed E-state index contributed by atoms with van der Waals surface area (Å²) in [6.45, 7) is 0. The lowest BCUT2D eigenvalue weighted by atomic mass is 9.92. The lowest BCUT2D eigenvalue weighted by molar-refractivity contribution is 0.668. The summed E-state index contributed by atoms with van der Waals surface area (Å²) in [7, 11) is 0. The van der Waals surface area contributed by atoms with Gasteiger partial charge < -0.3 is 13.3 Å². The number of fused-ring (bicyclic) bond motifs is 15. The number of para-hydroxylation sites is 2. The van der Waals surface area contributed by atoms with Crippen LogP contribution in [0.25, 0.3) is 155 Å². The topological polar surface area (TPSA) is 78.1 Å². The summed E-state index contributed by atoms with van der Waals surface area (Å²) in [6.07, 6.45) is 0. The van der Waals surface area contributed by atoms with Crippen LogP contribution in [0.2, 0.25) is 0 Å². The summed E-state index contributed by atoms with van der Waals surface area (Å²) in [4.78, 5) is 15.8. The average Bonchev–Trinajstić information content (AvgIpc) is 4.12. The number of rotatable bonds is 5. The van der Waals surface area contributed by atoms with Crippen LogP contribution in [-0.2, 0) is 0 Å². The van der Waals surface area contributed by atoms with Crippen LogP contribution >= 0.6 is 0 Å². The van der Waals surface area contributed by atoms with E-state index < -0.39 is 0 Å². The van der Waals surface area contributed by atoms with Crippen molar-refractivity contribution in [2.45, 2.75) is 0 Å². The van der Waals surface area contributed by atoms with Crippen LogP contribution in [0.15, 0.2) is 226 Å². The predicted octanol–water partition coefficient (Wildman–Crippen LogP) is 17.4. The molecule has 0 spiro atoms. The van der Waals surface area contributed by atoms with Crippen molar-refractivity contribution in [3.05, 3.63) is 212 Å². The third-order valence-corrected chi connectivity index (χ3v) is 13.9. The Balaban J connectivity index is 0.898. The van der Waals surface area contributed by atoms with Crippen LogP contribution in [0.4, 0.5) is 0 Å². The maximum absolute atomic E-state index is 6.69. The molecule has 0 radical (unpaired) electrons. The van der Waals surface area contributed by atoms with Crippen molar-refractivity contribution in [2.24, 2.45) is 0 Å². The van der Waals surface area contributed by atoms with Gasteiger partial charge in [0.15, 0.2) is 17.5 Å². The van der Waals surface area contributed by atoms with E-state index in [1.807, 2.05) is 48.5 Å². The smallest absolute Gasteiger partial charge is 0.164 e. The summed E-state index contributed by atoms with van der Waals surface area (Å²) >= 11 is 0. The second-order valence-corrected chi connectivity index (χ2v) is 17.8. The molecule has 11 aromatic carbocycles. The van der Waals surface area contributed by atoms with Crippen molar-refractivity contribution in [2.75, 3.05) is 0 Å². The van der Waals surface area contributed by atoms with E-state index in [-0.39, 0.29) is 0 Å². The van der Waals surface area contributed by atoms with E-state index in [1.165, 1.54) is 32.3 Å². The number of hydrogen-bond acceptors (Lipinski definition) is 6. The Morgan fingerprint density at radius 1 is 0.217 bits per heavy atom. The van der Waals surface area contributed by atoms with Gasteiger partial charge in [0.1, 0.15) is 33.5 Å². The largest absolute Gasteiger partial charge is 0.456 e. The summed E-state index contributed by atoms with van der Waals surface area (Å²) < 4.78 is 19.2. The fourth-order valence-electron chi connectivity index (χ4n) is 10.7. The quantitative estimate of drug-likeness (QED) is 0.160. The van der Waals surface area contributed by atoms with Gasteiger partial charge in [-0.2, -0.15) is 0 Å². The third kappa shape index (κ3) is 5.82. The Morgan fingerprint density at radius 3 is 1.41 bits per heavy atom. The first-order chi connectivity index (χ1) is 34.2. The van der Waals surface area contributed by atoms with Crippen LogP contribution in [0.3, 0.4) is 0 Å². The minimum Gasteiger partial charge on any atom is -0.456 e. The number of aromatic nitrogens is 3. The Morgan fingerprint density at radius 2 is 0.652 bits per heavy atom. The lowest BCUT2D eigenvalue weighted by Crippen LogP contribution is -2.00. The van der Waals surface area contributed by atoms with Crippen molar-refractivity contribution in [1.82, 2.24) is 15.0 Å². The summed E-state index contributed by atoms with van der Waals surface area (Å²) in [5.41, 5.74) is 11.8. The molecule has 15 aromatic rings. The number of furan rings is 3. The molecule has 0 fully saturated rings. The molecule has 0 aliphatic heterocycles. The van der Waals surface area contributed by atoms with Gasteiger partial charge in [0, 0.05) is 49.0 Å². The molecule has 0 saturated carbocycles. The van der Waals surface area contributed by atoms with Crippen LogP contribution < -0.4 is 0 Å². The molecule has 320 valence electrons. The Kier molecular flexibility index (Phi) is 7.97. The van der Waals surface area contributed by atoms with E-state index in [2.05, 4.69) is 164 Å². The predicted molar refractivity (Wildman–Crippen MR) is 281 cm³/mol. The average molecular weight is 882 g/mol. The molecule has 69 heavy (non-hydrogen) atoms. The maximum Gasteiger partial charge on any atom is 0.164 e. The second kappa shape index (κ2) is 14.6. The zero-order chi connectivity index (χ0) is 45.2. The van der Waals surface area contributed by atoms with Gasteiger partial charge in [-0.05, 0) is 115 Å². The van der Waals surface area contributed by atoms with E-state index in [4.69, 9.17) is 28.2 Å². The van der Waals surface area contributed by atoms with Gasteiger partial charge in [-0.15, -0.1) is 0 Å². The third-order valence-electron chi connectivity index (χ3n) is 13.9. The number of nitrogens with zero attached hydrogens (tertiary/aromatic N) is 3. The highest BCUT2D eigenvalue weighted by molar-refractivity contribution is 6.26. The Hall–Kier alpha value is -9.39. The molecule has 0 amide bonds. The van der Waals surface area contributed by atoms with Crippen LogP contribution in [0.5, 0.6) is 0 Å². The molecule has 0 bridgehead atoms. The molecular weight excluding hydrogens is 847 g/mol. The SMILES string of the molecule is c1cc(-c2ccc3c4ccccc4c4ccccc4c3c2)cc(-c2nc(-c3ccc4c(c3)oc3cccc(-c5ccc6oc7ccccc7c6c5)c34)nc(-c3cccc4oc5ccccc5c34)n2)c1. The second-order valence-electron chi connectivity index (χ2n) is 17.8. The van der Waals surface area contributed by atoms with Gasteiger partial charge in [0.25, 0.3) is 0 Å². The van der Waals surface area contributed by atoms with Crippen molar-refractivity contribution in [1.29, 1.82) is 0 Å². The molecular formula is C63H35N3O3. The first kappa shape index (κ1) is 37.8. The van der Waals surface area contributed by atoms with Crippen molar-refractivity contribution >= 4 is 98.1 Å². The van der Waals surface area contributed by atoms with Gasteiger partial charge in [0.2, 0.25) is 0 Å². The molecule has 15 rings (SSSR count). The zero-order valence-corrected chi connectivity index (χ0v) is 36.8. The highest BCUT2D eigenvalue weighted by Gasteiger charge is 2.21. The molecule has 6 nitrogen and oxygen atoms in total. The fourth-order valence-corrected chi connectivity index (χ4v) is 10.7. The zero-order valence-electron chi connectivity index (χ0n) is 36.8. The monoisotopic (exact) mass is 881 g/mol. The number of hydrogen-bond donors (Lipinski definition) is 0. The first-order valence-corrected chi connectivity index (χ1v) is 23.1. The van der Waals surface area contributed by atoms with Crippen molar-refractivity contribution in [3.8, 4) is 56.4 Å². The van der Waals surface area contributed by atoms with E-state index >= 15 is 0 Å². The van der Waals surface area contributed by atoms with Gasteiger partial charge in [0.05, 0.1) is 0 Å². The molecule has 0 aliphatic carbocycles. The van der Waals surface area contributed by atoms with Gasteiger partial charge in [-0.3, -0.25) is 0 Å². The molecule has 4 heterocycles. The normalized spacial score (nSPS) is 12.1.